The van der Waals surface area contributed by atoms with Crippen LogP contribution in [0.5, 0.6) is 0 Å². The maximum atomic E-state index is 12.4. The molecule has 0 aromatic carbocycles. The molecule has 0 heterocycles. The first-order valence-electron chi connectivity index (χ1n) is 7.75. The van der Waals surface area contributed by atoms with Gasteiger partial charge in [-0.2, -0.15) is 11.8 Å². The van der Waals surface area contributed by atoms with E-state index >= 15 is 0 Å². The number of carbonyl (C=O) groups is 1. The molecule has 2 saturated carbocycles. The average molecular weight is 284 g/mol. The van der Waals surface area contributed by atoms with E-state index in [-0.39, 0.29) is 17.9 Å². The number of amides is 1. The zero-order valence-electron chi connectivity index (χ0n) is 12.1. The Hall–Kier alpha value is -0.220. The van der Waals surface area contributed by atoms with Gasteiger partial charge in [0.1, 0.15) is 0 Å². The van der Waals surface area contributed by atoms with Gasteiger partial charge < -0.3 is 11.1 Å². The molecule has 3 nitrogen and oxygen atoms in total. The van der Waals surface area contributed by atoms with Crippen molar-refractivity contribution in [2.75, 3.05) is 12.8 Å². The van der Waals surface area contributed by atoms with E-state index in [9.17, 15) is 4.79 Å². The summed E-state index contributed by atoms with van der Waals surface area (Å²) in [7, 11) is 0. The molecule has 0 spiro atoms. The summed E-state index contributed by atoms with van der Waals surface area (Å²) in [5.74, 6) is 0.248. The Morgan fingerprint density at radius 1 is 1.21 bits per heavy atom. The molecule has 1 amide bonds. The number of thioether (sulfide) groups is 1. The minimum atomic E-state index is 0.0443. The molecule has 0 saturated heterocycles. The molecular weight excluding hydrogens is 256 g/mol. The van der Waals surface area contributed by atoms with Crippen LogP contribution in [0.25, 0.3) is 0 Å². The van der Waals surface area contributed by atoms with Gasteiger partial charge in [-0.25, -0.2) is 0 Å². The minimum Gasteiger partial charge on any atom is -0.354 e. The highest BCUT2D eigenvalue weighted by Crippen LogP contribution is 2.39. The van der Waals surface area contributed by atoms with Gasteiger partial charge in [0.05, 0.1) is 5.92 Å². The standard InChI is InChI=1S/C15H28N2OS/c1-19-15(9-5-6-10-15)11-17-14(18)12-7-3-2-4-8-13(12)16/h12-13H,2-11,16H2,1H3,(H,17,18). The van der Waals surface area contributed by atoms with Gasteiger partial charge in [-0.1, -0.05) is 32.1 Å². The van der Waals surface area contributed by atoms with E-state index in [1.165, 1.54) is 38.5 Å². The molecule has 2 rings (SSSR count). The molecule has 110 valence electrons. The summed E-state index contributed by atoms with van der Waals surface area (Å²) in [6.07, 6.45) is 12.8. The van der Waals surface area contributed by atoms with Crippen molar-refractivity contribution in [2.45, 2.75) is 68.6 Å². The molecule has 0 bridgehead atoms. The summed E-state index contributed by atoms with van der Waals surface area (Å²) in [5, 5.41) is 3.20. The lowest BCUT2D eigenvalue weighted by molar-refractivity contribution is -0.125. The summed E-state index contributed by atoms with van der Waals surface area (Å²) < 4.78 is 0.296. The van der Waals surface area contributed by atoms with Crippen molar-refractivity contribution >= 4 is 17.7 Å². The molecule has 2 fully saturated rings. The number of nitrogens with one attached hydrogen (secondary N) is 1. The lowest BCUT2D eigenvalue weighted by atomic mass is 9.94. The zero-order chi connectivity index (χ0) is 13.7. The second-order valence-corrected chi connectivity index (χ2v) is 7.49. The molecule has 0 radical (unpaired) electrons. The third-order valence-corrected chi connectivity index (χ3v) is 6.36. The van der Waals surface area contributed by atoms with Crippen molar-refractivity contribution in [3.8, 4) is 0 Å². The van der Waals surface area contributed by atoms with Crippen molar-refractivity contribution in [1.29, 1.82) is 0 Å². The highest BCUT2D eigenvalue weighted by Gasteiger charge is 2.34. The van der Waals surface area contributed by atoms with Crippen LogP contribution >= 0.6 is 11.8 Å². The lowest BCUT2D eigenvalue weighted by Gasteiger charge is -2.29. The highest BCUT2D eigenvalue weighted by molar-refractivity contribution is 8.00. The Morgan fingerprint density at radius 3 is 2.58 bits per heavy atom. The van der Waals surface area contributed by atoms with Crippen molar-refractivity contribution in [2.24, 2.45) is 11.7 Å². The Kier molecular flexibility index (Phi) is 5.58. The molecule has 2 atom stereocenters. The predicted octanol–water partition coefficient (Wildman–Crippen LogP) is 2.69. The van der Waals surface area contributed by atoms with Crippen molar-refractivity contribution < 1.29 is 4.79 Å². The maximum Gasteiger partial charge on any atom is 0.224 e. The van der Waals surface area contributed by atoms with E-state index in [2.05, 4.69) is 11.6 Å². The summed E-state index contributed by atoms with van der Waals surface area (Å²) in [6, 6.07) is 0.0660. The lowest BCUT2D eigenvalue weighted by Crippen LogP contribution is -2.45. The highest BCUT2D eigenvalue weighted by atomic mass is 32.2. The van der Waals surface area contributed by atoms with Gasteiger partial charge in [0.25, 0.3) is 0 Å². The third-order valence-electron chi connectivity index (χ3n) is 4.94. The van der Waals surface area contributed by atoms with Crippen LogP contribution in [0.15, 0.2) is 0 Å². The van der Waals surface area contributed by atoms with Crippen LogP contribution in [-0.4, -0.2) is 29.5 Å². The van der Waals surface area contributed by atoms with Crippen molar-refractivity contribution in [3.63, 3.8) is 0 Å². The van der Waals surface area contributed by atoms with E-state index in [1.807, 2.05) is 11.8 Å². The van der Waals surface area contributed by atoms with Gasteiger partial charge in [0.2, 0.25) is 5.91 Å². The topological polar surface area (TPSA) is 55.1 Å². The van der Waals surface area contributed by atoms with Crippen LogP contribution in [0.3, 0.4) is 0 Å². The molecule has 2 unspecified atom stereocenters. The van der Waals surface area contributed by atoms with Crippen LogP contribution < -0.4 is 11.1 Å². The monoisotopic (exact) mass is 284 g/mol. The minimum absolute atomic E-state index is 0.0443. The zero-order valence-corrected chi connectivity index (χ0v) is 12.9. The smallest absolute Gasteiger partial charge is 0.224 e. The normalized spacial score (nSPS) is 30.8. The summed E-state index contributed by atoms with van der Waals surface area (Å²) in [6.45, 7) is 0.830. The molecule has 0 aromatic rings. The maximum absolute atomic E-state index is 12.4. The molecule has 2 aliphatic carbocycles. The van der Waals surface area contributed by atoms with Gasteiger partial charge in [-0.15, -0.1) is 0 Å². The van der Waals surface area contributed by atoms with E-state index in [1.54, 1.807) is 0 Å². The van der Waals surface area contributed by atoms with Crippen LogP contribution in [0.2, 0.25) is 0 Å². The third kappa shape index (κ3) is 3.88. The molecular formula is C15H28N2OS. The first-order valence-corrected chi connectivity index (χ1v) is 8.98. The van der Waals surface area contributed by atoms with Crippen LogP contribution in [0, 0.1) is 5.92 Å². The quantitative estimate of drug-likeness (QED) is 0.780. The summed E-state index contributed by atoms with van der Waals surface area (Å²) in [4.78, 5) is 12.4. The van der Waals surface area contributed by atoms with E-state index < -0.39 is 0 Å². The number of nitrogens with two attached hydrogens (primary N) is 1. The summed E-state index contributed by atoms with van der Waals surface area (Å²) in [5.41, 5.74) is 6.16. The fourth-order valence-corrected chi connectivity index (χ4v) is 4.43. The Labute approximate surface area is 121 Å². The molecule has 3 N–H and O–H groups in total. The van der Waals surface area contributed by atoms with E-state index in [0.29, 0.717) is 4.75 Å². The number of carbonyl (C=O) groups excluding carboxylic acids is 1. The Balaban J connectivity index is 1.85. The molecule has 2 aliphatic rings. The van der Waals surface area contributed by atoms with Gasteiger partial charge >= 0.3 is 0 Å². The van der Waals surface area contributed by atoms with Gasteiger partial charge in [0.15, 0.2) is 0 Å². The number of hydrogen-bond acceptors (Lipinski definition) is 3. The second-order valence-electron chi connectivity index (χ2n) is 6.22. The number of rotatable bonds is 4. The Bertz CT molecular complexity index is 303. The first kappa shape index (κ1) is 15.2. The predicted molar refractivity (Wildman–Crippen MR) is 82.3 cm³/mol. The SMILES string of the molecule is CSC1(CNC(=O)C2CCCCCC2N)CCCC1. The van der Waals surface area contributed by atoms with Crippen molar-refractivity contribution in [1.82, 2.24) is 5.32 Å². The summed E-state index contributed by atoms with van der Waals surface area (Å²) >= 11 is 1.93. The van der Waals surface area contributed by atoms with Crippen LogP contribution in [0.4, 0.5) is 0 Å². The van der Waals surface area contributed by atoms with Crippen LogP contribution in [0.1, 0.15) is 57.8 Å². The first-order chi connectivity index (χ1) is 9.17. The van der Waals surface area contributed by atoms with Crippen molar-refractivity contribution in [3.05, 3.63) is 0 Å². The largest absolute Gasteiger partial charge is 0.354 e. The molecule has 0 aromatic heterocycles. The molecule has 19 heavy (non-hydrogen) atoms. The Morgan fingerprint density at radius 2 is 1.89 bits per heavy atom. The van der Waals surface area contributed by atoms with Gasteiger partial charge in [-0.3, -0.25) is 4.79 Å². The van der Waals surface area contributed by atoms with E-state index in [4.69, 9.17) is 5.73 Å². The van der Waals surface area contributed by atoms with Crippen LogP contribution in [-0.2, 0) is 4.79 Å². The second kappa shape index (κ2) is 6.98. The van der Waals surface area contributed by atoms with Gasteiger partial charge in [-0.05, 0) is 31.9 Å². The fourth-order valence-electron chi connectivity index (χ4n) is 3.51. The average Bonchev–Trinajstić information content (AvgIpc) is 2.79. The molecule has 4 heteroatoms. The molecule has 0 aliphatic heterocycles. The van der Waals surface area contributed by atoms with Gasteiger partial charge in [0, 0.05) is 17.3 Å². The van der Waals surface area contributed by atoms with E-state index in [0.717, 1.165) is 25.8 Å². The fraction of sp³-hybridized carbons (Fsp3) is 0.933. The number of hydrogen-bond donors (Lipinski definition) is 2.